The molecular weight excluding hydrogens is 430 g/mol. The first-order valence-electron chi connectivity index (χ1n) is 11.8. The zero-order chi connectivity index (χ0) is 23.5. The molecule has 2 saturated heterocycles. The second kappa shape index (κ2) is 9.73. The number of fused-ring (bicyclic) bond motifs is 1. The van der Waals surface area contributed by atoms with Crippen LogP contribution >= 0.6 is 0 Å². The maximum Gasteiger partial charge on any atom is 0.258 e. The van der Waals surface area contributed by atoms with Crippen molar-refractivity contribution in [3.05, 3.63) is 71.8 Å². The Morgan fingerprint density at radius 2 is 1.74 bits per heavy atom. The van der Waals surface area contributed by atoms with E-state index in [1.54, 1.807) is 17.0 Å². The van der Waals surface area contributed by atoms with Crippen molar-refractivity contribution in [1.29, 1.82) is 0 Å². The van der Waals surface area contributed by atoms with Crippen molar-refractivity contribution in [2.75, 3.05) is 37.7 Å². The van der Waals surface area contributed by atoms with Gasteiger partial charge in [-0.15, -0.1) is 0 Å². The highest BCUT2D eigenvalue weighted by atomic mass is 16.5. The minimum absolute atomic E-state index is 0.0329. The number of amides is 2. The summed E-state index contributed by atoms with van der Waals surface area (Å²) in [6, 6.07) is 18.5. The average Bonchev–Trinajstić information content (AvgIpc) is 3.38. The standard InChI is InChI=1S/C27H29N3O4/c31-25-22-5-2-1-4-20(22)9-12-23(25)27(33)30-13-3-6-24(30)26(32)28-18-19-7-10-21(11-8-19)29-14-16-34-17-15-29/h1-2,4-5,7-12,24,31H,3,6,13-18H2,(H,28,32). The molecule has 1 atom stereocenters. The monoisotopic (exact) mass is 459 g/mol. The van der Waals surface area contributed by atoms with Gasteiger partial charge in [-0.05, 0) is 42.0 Å². The number of nitrogens with zero attached hydrogens (tertiary/aromatic N) is 2. The summed E-state index contributed by atoms with van der Waals surface area (Å²) in [6.07, 6.45) is 1.37. The molecule has 1 unspecified atom stereocenters. The van der Waals surface area contributed by atoms with Gasteiger partial charge in [-0.2, -0.15) is 0 Å². The molecule has 7 nitrogen and oxygen atoms in total. The van der Waals surface area contributed by atoms with Gasteiger partial charge in [-0.25, -0.2) is 0 Å². The van der Waals surface area contributed by atoms with E-state index in [0.29, 0.717) is 24.9 Å². The van der Waals surface area contributed by atoms with Crippen LogP contribution in [0.3, 0.4) is 0 Å². The summed E-state index contributed by atoms with van der Waals surface area (Å²) < 4.78 is 5.41. The summed E-state index contributed by atoms with van der Waals surface area (Å²) >= 11 is 0. The molecule has 2 N–H and O–H groups in total. The SMILES string of the molecule is O=C(NCc1ccc(N2CCOCC2)cc1)C1CCCN1C(=O)c1ccc2ccccc2c1O. The van der Waals surface area contributed by atoms with Crippen molar-refractivity contribution >= 4 is 28.3 Å². The zero-order valence-electron chi connectivity index (χ0n) is 19.1. The topological polar surface area (TPSA) is 82.1 Å². The number of rotatable bonds is 5. The molecule has 0 spiro atoms. The van der Waals surface area contributed by atoms with E-state index >= 15 is 0 Å². The van der Waals surface area contributed by atoms with Crippen LogP contribution in [0.15, 0.2) is 60.7 Å². The van der Waals surface area contributed by atoms with Gasteiger partial charge in [0.1, 0.15) is 11.8 Å². The van der Waals surface area contributed by atoms with E-state index in [1.807, 2.05) is 36.4 Å². The van der Waals surface area contributed by atoms with Crippen molar-refractivity contribution in [3.8, 4) is 5.75 Å². The molecule has 0 aliphatic carbocycles. The molecule has 176 valence electrons. The summed E-state index contributed by atoms with van der Waals surface area (Å²) in [4.78, 5) is 30.1. The van der Waals surface area contributed by atoms with E-state index in [1.165, 1.54) is 0 Å². The fourth-order valence-corrected chi connectivity index (χ4v) is 4.82. The predicted octanol–water partition coefficient (Wildman–Crippen LogP) is 3.30. The van der Waals surface area contributed by atoms with Crippen LogP contribution < -0.4 is 10.2 Å². The summed E-state index contributed by atoms with van der Waals surface area (Å²) in [7, 11) is 0. The highest BCUT2D eigenvalue weighted by Crippen LogP contribution is 2.31. The number of carbonyl (C=O) groups is 2. The molecule has 0 radical (unpaired) electrons. The summed E-state index contributed by atoms with van der Waals surface area (Å²) in [5.74, 6) is -0.506. The maximum absolute atomic E-state index is 13.3. The Morgan fingerprint density at radius 1 is 0.971 bits per heavy atom. The molecule has 2 fully saturated rings. The Labute approximate surface area is 198 Å². The quantitative estimate of drug-likeness (QED) is 0.612. The molecule has 3 aromatic rings. The number of hydrogen-bond donors (Lipinski definition) is 2. The Morgan fingerprint density at radius 3 is 2.53 bits per heavy atom. The second-order valence-electron chi connectivity index (χ2n) is 8.82. The molecule has 7 heteroatoms. The van der Waals surface area contributed by atoms with E-state index < -0.39 is 6.04 Å². The first-order valence-corrected chi connectivity index (χ1v) is 11.8. The highest BCUT2D eigenvalue weighted by molar-refractivity contribution is 6.05. The van der Waals surface area contributed by atoms with Gasteiger partial charge in [0.2, 0.25) is 5.91 Å². The third kappa shape index (κ3) is 4.43. The zero-order valence-corrected chi connectivity index (χ0v) is 19.1. The number of nitrogens with one attached hydrogen (secondary N) is 1. The largest absolute Gasteiger partial charge is 0.506 e. The molecule has 2 aliphatic heterocycles. The molecule has 2 aliphatic rings. The molecule has 2 heterocycles. The molecule has 34 heavy (non-hydrogen) atoms. The van der Waals surface area contributed by atoms with Gasteiger partial charge >= 0.3 is 0 Å². The molecular formula is C27H29N3O4. The fourth-order valence-electron chi connectivity index (χ4n) is 4.82. The third-order valence-electron chi connectivity index (χ3n) is 6.73. The van der Waals surface area contributed by atoms with Crippen LogP contribution in [0, 0.1) is 0 Å². The number of ether oxygens (including phenoxy) is 1. The molecule has 0 aromatic heterocycles. The number of phenolic OH excluding ortho intramolecular Hbond substituents is 1. The molecule has 0 bridgehead atoms. The summed E-state index contributed by atoms with van der Waals surface area (Å²) in [5.41, 5.74) is 2.40. The van der Waals surface area contributed by atoms with Gasteiger partial charge in [0.15, 0.2) is 0 Å². The molecule has 0 saturated carbocycles. The highest BCUT2D eigenvalue weighted by Gasteiger charge is 2.35. The van der Waals surface area contributed by atoms with Gasteiger partial charge < -0.3 is 25.0 Å². The predicted molar refractivity (Wildman–Crippen MR) is 131 cm³/mol. The van der Waals surface area contributed by atoms with E-state index in [2.05, 4.69) is 22.3 Å². The van der Waals surface area contributed by atoms with Crippen LogP contribution in [0.1, 0.15) is 28.8 Å². The van der Waals surface area contributed by atoms with E-state index in [4.69, 9.17) is 4.74 Å². The van der Waals surface area contributed by atoms with Crippen molar-refractivity contribution in [2.24, 2.45) is 0 Å². The Balaban J connectivity index is 1.23. The number of benzene rings is 3. The minimum Gasteiger partial charge on any atom is -0.506 e. The van der Waals surface area contributed by atoms with Crippen LogP contribution in [0.4, 0.5) is 5.69 Å². The number of likely N-dealkylation sites (tertiary alicyclic amines) is 1. The average molecular weight is 460 g/mol. The lowest BCUT2D eigenvalue weighted by Crippen LogP contribution is -2.45. The number of morpholine rings is 1. The second-order valence-corrected chi connectivity index (χ2v) is 8.82. The number of carbonyl (C=O) groups excluding carboxylic acids is 2. The van der Waals surface area contributed by atoms with Gasteiger partial charge in [0, 0.05) is 37.3 Å². The van der Waals surface area contributed by atoms with Crippen molar-refractivity contribution in [3.63, 3.8) is 0 Å². The van der Waals surface area contributed by atoms with Crippen LogP contribution in [0.25, 0.3) is 10.8 Å². The van der Waals surface area contributed by atoms with Crippen molar-refractivity contribution in [2.45, 2.75) is 25.4 Å². The van der Waals surface area contributed by atoms with Crippen LogP contribution in [0.5, 0.6) is 5.75 Å². The van der Waals surface area contributed by atoms with Crippen molar-refractivity contribution in [1.82, 2.24) is 10.2 Å². The van der Waals surface area contributed by atoms with Gasteiger partial charge in [0.05, 0.1) is 18.8 Å². The summed E-state index contributed by atoms with van der Waals surface area (Å²) in [5, 5.41) is 15.2. The molecule has 3 aromatic carbocycles. The lowest BCUT2D eigenvalue weighted by Gasteiger charge is -2.29. The molecule has 2 amide bonds. The van der Waals surface area contributed by atoms with E-state index in [9.17, 15) is 14.7 Å². The number of hydrogen-bond acceptors (Lipinski definition) is 5. The summed E-state index contributed by atoms with van der Waals surface area (Å²) in [6.45, 7) is 4.15. The Hall–Kier alpha value is -3.58. The van der Waals surface area contributed by atoms with Crippen LogP contribution in [0.2, 0.25) is 0 Å². The van der Waals surface area contributed by atoms with Gasteiger partial charge in [-0.3, -0.25) is 9.59 Å². The first-order chi connectivity index (χ1) is 16.6. The molecule has 5 rings (SSSR count). The third-order valence-corrected chi connectivity index (χ3v) is 6.73. The van der Waals surface area contributed by atoms with Crippen LogP contribution in [-0.4, -0.2) is 60.7 Å². The normalized spacial score (nSPS) is 18.3. The van der Waals surface area contributed by atoms with Gasteiger partial charge in [0.25, 0.3) is 5.91 Å². The lowest BCUT2D eigenvalue weighted by atomic mass is 10.0. The minimum atomic E-state index is -0.536. The fraction of sp³-hybridized carbons (Fsp3) is 0.333. The lowest BCUT2D eigenvalue weighted by molar-refractivity contribution is -0.125. The van der Waals surface area contributed by atoms with Crippen LogP contribution in [-0.2, 0) is 16.1 Å². The van der Waals surface area contributed by atoms with E-state index in [-0.39, 0.29) is 23.1 Å². The number of aromatic hydroxyl groups is 1. The maximum atomic E-state index is 13.3. The number of phenols is 1. The number of anilines is 1. The Kier molecular flexibility index (Phi) is 6.36. The first kappa shape index (κ1) is 22.2. The van der Waals surface area contributed by atoms with Gasteiger partial charge in [-0.1, -0.05) is 42.5 Å². The Bertz CT molecular complexity index is 1190. The van der Waals surface area contributed by atoms with E-state index in [0.717, 1.165) is 49.4 Å². The smallest absolute Gasteiger partial charge is 0.258 e. The van der Waals surface area contributed by atoms with Crippen molar-refractivity contribution < 1.29 is 19.4 Å².